The fourth-order valence-electron chi connectivity index (χ4n) is 8.69. The average Bonchev–Trinajstić information content (AvgIpc) is 3.61. The van der Waals surface area contributed by atoms with Crippen LogP contribution in [0.4, 0.5) is 0 Å². The van der Waals surface area contributed by atoms with Crippen LogP contribution < -0.4 is 0 Å². The summed E-state index contributed by atoms with van der Waals surface area (Å²) in [4.78, 5) is 50.1. The van der Waals surface area contributed by atoms with Gasteiger partial charge in [-0.2, -0.15) is 0 Å². The van der Waals surface area contributed by atoms with Crippen molar-refractivity contribution in [3.8, 4) is 0 Å². The molecule has 3 aliphatic heterocycles. The summed E-state index contributed by atoms with van der Waals surface area (Å²) in [5, 5.41) is 10.7. The number of aliphatic hydroxyl groups excluding tert-OH is 1. The molecule has 5 rings (SSSR count). The van der Waals surface area contributed by atoms with Crippen LogP contribution in [0.25, 0.3) is 0 Å². The zero-order valence-corrected chi connectivity index (χ0v) is 27.6. The number of hydrogen-bond acceptors (Lipinski definition) is 5. The molecule has 0 radical (unpaired) electrons. The van der Waals surface area contributed by atoms with E-state index >= 15 is 0 Å². The molecule has 1 spiro atoms. The molecule has 1 saturated carbocycles. The van der Waals surface area contributed by atoms with E-state index < -0.39 is 33.4 Å². The van der Waals surface area contributed by atoms with Crippen LogP contribution in [0, 0.1) is 17.8 Å². The van der Waals surface area contributed by atoms with E-state index in [1.807, 2.05) is 47.1 Å². The Bertz CT molecular complexity index is 1230. The average molecular weight is 622 g/mol. The molecule has 7 nitrogen and oxygen atoms in total. The van der Waals surface area contributed by atoms with Gasteiger partial charge in [0, 0.05) is 30.4 Å². The molecule has 0 aromatic heterocycles. The van der Waals surface area contributed by atoms with E-state index in [-0.39, 0.29) is 36.3 Å². The highest BCUT2D eigenvalue weighted by Gasteiger charge is 2.78. The predicted octanol–water partition coefficient (Wildman–Crippen LogP) is 5.44. The van der Waals surface area contributed by atoms with Crippen LogP contribution in [0.5, 0.6) is 0 Å². The van der Waals surface area contributed by atoms with Gasteiger partial charge in [0.05, 0.1) is 29.2 Å². The lowest BCUT2D eigenvalue weighted by molar-refractivity contribution is -0.149. The molecule has 1 aromatic rings. The number of thioether (sulfide) groups is 1. The topological polar surface area (TPSA) is 81.2 Å². The number of nitrogens with zero attached hydrogens (tertiary/aromatic N) is 3. The summed E-state index contributed by atoms with van der Waals surface area (Å²) in [6.07, 6.45) is 11.0. The molecule has 240 valence electrons. The van der Waals surface area contributed by atoms with Gasteiger partial charge in [-0.1, -0.05) is 82.0 Å². The monoisotopic (exact) mass is 621 g/mol. The Labute approximate surface area is 268 Å². The van der Waals surface area contributed by atoms with Gasteiger partial charge >= 0.3 is 0 Å². The number of aliphatic hydroxyl groups is 1. The van der Waals surface area contributed by atoms with Crippen molar-refractivity contribution in [1.82, 2.24) is 14.7 Å². The number of carbonyl (C=O) groups is 3. The van der Waals surface area contributed by atoms with Gasteiger partial charge < -0.3 is 19.8 Å². The largest absolute Gasteiger partial charge is 0.394 e. The lowest BCUT2D eigenvalue weighted by atomic mass is 9.66. The highest BCUT2D eigenvalue weighted by atomic mass is 32.2. The smallest absolute Gasteiger partial charge is 0.247 e. The van der Waals surface area contributed by atoms with E-state index in [0.717, 1.165) is 44.1 Å². The van der Waals surface area contributed by atoms with Crippen molar-refractivity contribution in [2.45, 2.75) is 106 Å². The molecule has 1 N–H and O–H groups in total. The molecule has 2 unspecified atom stereocenters. The Kier molecular flexibility index (Phi) is 10.0. The lowest BCUT2D eigenvalue weighted by Crippen LogP contribution is -2.60. The van der Waals surface area contributed by atoms with E-state index in [4.69, 9.17) is 0 Å². The van der Waals surface area contributed by atoms with Crippen molar-refractivity contribution in [3.63, 3.8) is 0 Å². The third-order valence-corrected chi connectivity index (χ3v) is 13.0. The third-order valence-electron chi connectivity index (χ3n) is 11.1. The molecule has 3 heterocycles. The van der Waals surface area contributed by atoms with Crippen LogP contribution >= 0.6 is 11.8 Å². The molecule has 2 bridgehead atoms. The molecule has 1 aliphatic carbocycles. The Balaban J connectivity index is 1.58. The zero-order chi connectivity index (χ0) is 31.6. The summed E-state index contributed by atoms with van der Waals surface area (Å²) >= 11 is 1.71. The van der Waals surface area contributed by atoms with Crippen LogP contribution in [0.1, 0.15) is 77.7 Å². The van der Waals surface area contributed by atoms with E-state index in [1.165, 1.54) is 6.42 Å². The number of carbonyl (C=O) groups excluding carboxylic acids is 3. The van der Waals surface area contributed by atoms with E-state index in [0.29, 0.717) is 26.1 Å². The second-order valence-electron chi connectivity index (χ2n) is 13.7. The van der Waals surface area contributed by atoms with Crippen molar-refractivity contribution in [2.75, 3.05) is 19.7 Å². The SMILES string of the molecule is C=CCN(Cc1ccccc1)C(=O)[C@@H]1[C@H]2C(=O)N([C@@H](CO)[C@@H](C)CC)C(C(=O)N(CC=C)C3CCCCC3)C23CC[C@@]1(C)S3. The molecular weight excluding hydrogens is 570 g/mol. The first-order chi connectivity index (χ1) is 21.2. The Hall–Kier alpha value is -2.58. The first kappa shape index (κ1) is 32.8. The van der Waals surface area contributed by atoms with Gasteiger partial charge in [0.1, 0.15) is 6.04 Å². The molecule has 7 atom stereocenters. The Morgan fingerprint density at radius 3 is 2.39 bits per heavy atom. The van der Waals surface area contributed by atoms with Gasteiger partial charge in [0.25, 0.3) is 0 Å². The number of fused-ring (bicyclic) bond motifs is 1. The molecule has 3 amide bonds. The minimum atomic E-state index is -0.723. The van der Waals surface area contributed by atoms with Crippen LogP contribution in [0.15, 0.2) is 55.6 Å². The van der Waals surface area contributed by atoms with Crippen LogP contribution in [0.2, 0.25) is 0 Å². The normalized spacial score (nSPS) is 31.0. The Morgan fingerprint density at radius 2 is 1.77 bits per heavy atom. The van der Waals surface area contributed by atoms with Crippen LogP contribution in [-0.2, 0) is 20.9 Å². The quantitative estimate of drug-likeness (QED) is 0.297. The number of amides is 3. The summed E-state index contributed by atoms with van der Waals surface area (Å²) in [5.74, 6) is -1.40. The maximum Gasteiger partial charge on any atom is 0.247 e. The minimum Gasteiger partial charge on any atom is -0.394 e. The van der Waals surface area contributed by atoms with Crippen molar-refractivity contribution in [1.29, 1.82) is 0 Å². The van der Waals surface area contributed by atoms with Gasteiger partial charge in [0.2, 0.25) is 17.7 Å². The first-order valence-electron chi connectivity index (χ1n) is 16.7. The second kappa shape index (κ2) is 13.4. The van der Waals surface area contributed by atoms with Gasteiger partial charge in [-0.05, 0) is 44.1 Å². The van der Waals surface area contributed by atoms with Crippen molar-refractivity contribution in [2.24, 2.45) is 17.8 Å². The fourth-order valence-corrected chi connectivity index (χ4v) is 11.0. The van der Waals surface area contributed by atoms with Gasteiger partial charge in [-0.15, -0.1) is 24.9 Å². The summed E-state index contributed by atoms with van der Waals surface area (Å²) in [7, 11) is 0. The van der Waals surface area contributed by atoms with Crippen molar-refractivity contribution < 1.29 is 19.5 Å². The van der Waals surface area contributed by atoms with Gasteiger partial charge in [-0.3, -0.25) is 14.4 Å². The van der Waals surface area contributed by atoms with E-state index in [9.17, 15) is 19.5 Å². The molecule has 1 aromatic carbocycles. The minimum absolute atomic E-state index is 0.000653. The standard InChI is InChI=1S/C36H51N3O4S/c1-6-21-37(23-26-15-11-9-12-16-26)32(41)29-30-33(42)39(28(24-40)25(4)8-3)31(36(30)20-19-35(29,5)44-36)34(43)38(22-7-2)27-17-13-10-14-18-27/h6-7,9,11-12,15-16,25,27-31,40H,1-2,8,10,13-14,17-24H2,3-5H3/t25-,28-,29-,30-,31?,35+,36?/m0/s1. The van der Waals surface area contributed by atoms with E-state index in [2.05, 4.69) is 27.0 Å². The molecule has 3 saturated heterocycles. The molecule has 44 heavy (non-hydrogen) atoms. The maximum absolute atomic E-state index is 15.0. The highest BCUT2D eigenvalue weighted by molar-refractivity contribution is 8.02. The summed E-state index contributed by atoms with van der Waals surface area (Å²) in [6, 6.07) is 8.82. The van der Waals surface area contributed by atoms with Crippen molar-refractivity contribution >= 4 is 29.5 Å². The first-order valence-corrected chi connectivity index (χ1v) is 17.5. The van der Waals surface area contributed by atoms with Gasteiger partial charge in [-0.25, -0.2) is 0 Å². The lowest BCUT2D eigenvalue weighted by Gasteiger charge is -2.43. The fraction of sp³-hybridized carbons (Fsp3) is 0.639. The summed E-state index contributed by atoms with van der Waals surface area (Å²) in [6.45, 7) is 15.2. The molecule has 4 aliphatic rings. The van der Waals surface area contributed by atoms with Crippen LogP contribution in [0.3, 0.4) is 0 Å². The molecule has 8 heteroatoms. The Morgan fingerprint density at radius 1 is 1.09 bits per heavy atom. The second-order valence-corrected chi connectivity index (χ2v) is 15.6. The molecular formula is C36H51N3O4S. The third kappa shape index (κ3) is 5.55. The molecule has 4 fully saturated rings. The highest BCUT2D eigenvalue weighted by Crippen LogP contribution is 2.72. The summed E-state index contributed by atoms with van der Waals surface area (Å²) < 4.78 is -1.18. The van der Waals surface area contributed by atoms with Crippen molar-refractivity contribution in [3.05, 3.63) is 61.2 Å². The van der Waals surface area contributed by atoms with E-state index in [1.54, 1.807) is 28.8 Å². The van der Waals surface area contributed by atoms with Gasteiger partial charge in [0.15, 0.2) is 0 Å². The summed E-state index contributed by atoms with van der Waals surface area (Å²) in [5.41, 5.74) is 1.02. The number of hydrogen-bond donors (Lipinski definition) is 1. The zero-order valence-electron chi connectivity index (χ0n) is 26.8. The van der Waals surface area contributed by atoms with Crippen LogP contribution in [-0.4, -0.2) is 84.8 Å². The number of rotatable bonds is 13. The predicted molar refractivity (Wildman–Crippen MR) is 177 cm³/mol. The maximum atomic E-state index is 15.0. The number of benzene rings is 1. The number of likely N-dealkylation sites (tertiary alicyclic amines) is 1.